The number of methoxy groups -OCH3 is 1. The third-order valence-electron chi connectivity index (χ3n) is 5.21. The first kappa shape index (κ1) is 16.3. The van der Waals surface area contributed by atoms with Crippen LogP contribution < -0.4 is 4.74 Å². The van der Waals surface area contributed by atoms with Crippen molar-refractivity contribution in [3.63, 3.8) is 0 Å². The molecule has 2 saturated carbocycles. The average molecular weight is 317 g/mol. The molecule has 0 saturated heterocycles. The van der Waals surface area contributed by atoms with Crippen LogP contribution in [0.5, 0.6) is 5.75 Å². The SMILES string of the molecule is COc1ccccc1C(CO)OC1C[C@@H]2CC(O)(C#N)C[C@@H]2C1. The molecule has 0 bridgehead atoms. The predicted molar refractivity (Wildman–Crippen MR) is 83.7 cm³/mol. The standard InChI is InChI=1S/C18H23NO4/c1-22-16-5-3-2-4-15(16)17(10-20)23-14-6-12-8-18(21,11-19)9-13(12)7-14/h2-5,12-14,17,20-21H,6-10H2,1H3/t12-,13+,14?,17?,18?. The maximum Gasteiger partial charge on any atom is 0.151 e. The highest BCUT2D eigenvalue weighted by atomic mass is 16.5. The minimum absolute atomic E-state index is 0.0512. The van der Waals surface area contributed by atoms with Crippen LogP contribution in [-0.4, -0.2) is 35.6 Å². The van der Waals surface area contributed by atoms with E-state index >= 15 is 0 Å². The second-order valence-corrected chi connectivity index (χ2v) is 6.71. The minimum Gasteiger partial charge on any atom is -0.496 e. The third-order valence-corrected chi connectivity index (χ3v) is 5.21. The van der Waals surface area contributed by atoms with Crippen molar-refractivity contribution >= 4 is 0 Å². The van der Waals surface area contributed by atoms with Gasteiger partial charge in [-0.15, -0.1) is 0 Å². The van der Waals surface area contributed by atoms with E-state index in [0.29, 0.717) is 30.4 Å². The van der Waals surface area contributed by atoms with Gasteiger partial charge in [0.2, 0.25) is 0 Å². The van der Waals surface area contributed by atoms with Crippen LogP contribution >= 0.6 is 0 Å². The van der Waals surface area contributed by atoms with Gasteiger partial charge < -0.3 is 19.7 Å². The molecule has 5 nitrogen and oxygen atoms in total. The zero-order valence-electron chi connectivity index (χ0n) is 13.3. The summed E-state index contributed by atoms with van der Waals surface area (Å²) < 4.78 is 11.5. The number of hydrogen-bond donors (Lipinski definition) is 2. The van der Waals surface area contributed by atoms with Gasteiger partial charge in [0.1, 0.15) is 11.9 Å². The monoisotopic (exact) mass is 317 g/mol. The second-order valence-electron chi connectivity index (χ2n) is 6.71. The predicted octanol–water partition coefficient (Wildman–Crippen LogP) is 2.19. The molecule has 2 aliphatic rings. The van der Waals surface area contributed by atoms with Crippen molar-refractivity contribution in [3.8, 4) is 11.8 Å². The van der Waals surface area contributed by atoms with Crippen LogP contribution in [0.3, 0.4) is 0 Å². The van der Waals surface area contributed by atoms with E-state index in [1.54, 1.807) is 7.11 Å². The Morgan fingerprint density at radius 3 is 2.52 bits per heavy atom. The van der Waals surface area contributed by atoms with Crippen molar-refractivity contribution in [2.24, 2.45) is 11.8 Å². The number of aliphatic hydroxyl groups excluding tert-OH is 1. The summed E-state index contributed by atoms with van der Waals surface area (Å²) >= 11 is 0. The Labute approximate surface area is 136 Å². The third kappa shape index (κ3) is 3.20. The first-order valence-corrected chi connectivity index (χ1v) is 8.11. The van der Waals surface area contributed by atoms with Crippen LogP contribution in [-0.2, 0) is 4.74 Å². The molecule has 2 fully saturated rings. The van der Waals surface area contributed by atoms with Gasteiger partial charge in [-0.25, -0.2) is 0 Å². The van der Waals surface area contributed by atoms with Gasteiger partial charge in [0.15, 0.2) is 5.60 Å². The van der Waals surface area contributed by atoms with Gasteiger partial charge in [0.05, 0.1) is 25.9 Å². The molecule has 3 unspecified atom stereocenters. The van der Waals surface area contributed by atoms with Gasteiger partial charge in [0, 0.05) is 5.56 Å². The molecule has 0 spiro atoms. The Bertz CT molecular complexity index is 583. The molecule has 2 N–H and O–H groups in total. The average Bonchev–Trinajstić information content (AvgIpc) is 3.07. The first-order valence-electron chi connectivity index (χ1n) is 8.11. The highest BCUT2D eigenvalue weighted by molar-refractivity contribution is 5.35. The summed E-state index contributed by atoms with van der Waals surface area (Å²) in [4.78, 5) is 0. The topological polar surface area (TPSA) is 82.7 Å². The molecule has 23 heavy (non-hydrogen) atoms. The van der Waals surface area contributed by atoms with E-state index in [2.05, 4.69) is 0 Å². The van der Waals surface area contributed by atoms with E-state index in [0.717, 1.165) is 18.4 Å². The van der Waals surface area contributed by atoms with Crippen molar-refractivity contribution in [2.75, 3.05) is 13.7 Å². The molecule has 3 rings (SSSR count). The summed E-state index contributed by atoms with van der Waals surface area (Å²) in [5.41, 5.74) is -0.303. The van der Waals surface area contributed by atoms with Crippen molar-refractivity contribution in [2.45, 2.75) is 43.5 Å². The minimum atomic E-state index is -1.15. The summed E-state index contributed by atoms with van der Waals surface area (Å²) in [5.74, 6) is 1.38. The Hall–Kier alpha value is -1.61. The number of aliphatic hydroxyl groups is 2. The molecule has 1 aromatic rings. The number of benzene rings is 1. The van der Waals surface area contributed by atoms with E-state index in [1.165, 1.54) is 0 Å². The Morgan fingerprint density at radius 1 is 1.30 bits per heavy atom. The molecule has 1 aromatic carbocycles. The molecular formula is C18H23NO4. The fraction of sp³-hybridized carbons (Fsp3) is 0.611. The van der Waals surface area contributed by atoms with Crippen LogP contribution in [0, 0.1) is 23.2 Å². The molecule has 5 heteroatoms. The lowest BCUT2D eigenvalue weighted by atomic mass is 9.99. The fourth-order valence-corrected chi connectivity index (χ4v) is 4.19. The number of hydrogen-bond acceptors (Lipinski definition) is 5. The lowest BCUT2D eigenvalue weighted by molar-refractivity contribution is -0.0445. The molecule has 2 aliphatic carbocycles. The van der Waals surface area contributed by atoms with Crippen molar-refractivity contribution in [1.82, 2.24) is 0 Å². The zero-order chi connectivity index (χ0) is 16.4. The number of nitriles is 1. The van der Waals surface area contributed by atoms with Gasteiger partial charge in [-0.1, -0.05) is 18.2 Å². The van der Waals surface area contributed by atoms with Crippen LogP contribution in [0.25, 0.3) is 0 Å². The smallest absolute Gasteiger partial charge is 0.151 e. The summed E-state index contributed by atoms with van der Waals surface area (Å²) in [6.45, 7) is -0.103. The van der Waals surface area contributed by atoms with Crippen LogP contribution in [0.1, 0.15) is 37.4 Å². The van der Waals surface area contributed by atoms with E-state index in [9.17, 15) is 10.2 Å². The second kappa shape index (κ2) is 6.48. The number of ether oxygens (including phenoxy) is 2. The van der Waals surface area contributed by atoms with Gasteiger partial charge in [-0.3, -0.25) is 0 Å². The maximum atomic E-state index is 10.1. The van der Waals surface area contributed by atoms with E-state index in [1.807, 2.05) is 30.3 Å². The van der Waals surface area contributed by atoms with Gasteiger partial charge >= 0.3 is 0 Å². The summed E-state index contributed by atoms with van der Waals surface area (Å²) in [7, 11) is 1.61. The largest absolute Gasteiger partial charge is 0.496 e. The number of fused-ring (bicyclic) bond motifs is 1. The summed E-state index contributed by atoms with van der Waals surface area (Å²) in [6, 6.07) is 9.59. The maximum absolute atomic E-state index is 10.1. The van der Waals surface area contributed by atoms with E-state index < -0.39 is 11.7 Å². The first-order chi connectivity index (χ1) is 11.1. The number of para-hydroxylation sites is 1. The zero-order valence-corrected chi connectivity index (χ0v) is 13.3. The number of rotatable bonds is 5. The number of nitrogens with zero attached hydrogens (tertiary/aromatic N) is 1. The van der Waals surface area contributed by atoms with Crippen LogP contribution in [0.2, 0.25) is 0 Å². The highest BCUT2D eigenvalue weighted by Crippen LogP contribution is 2.50. The quantitative estimate of drug-likeness (QED) is 0.813. The molecule has 0 radical (unpaired) electrons. The highest BCUT2D eigenvalue weighted by Gasteiger charge is 2.49. The molecule has 5 atom stereocenters. The van der Waals surface area contributed by atoms with Crippen molar-refractivity contribution < 1.29 is 19.7 Å². The summed E-state index contributed by atoms with van der Waals surface area (Å²) in [6.07, 6.45) is 2.37. The van der Waals surface area contributed by atoms with E-state index in [-0.39, 0.29) is 12.7 Å². The molecule has 0 aliphatic heterocycles. The van der Waals surface area contributed by atoms with Gasteiger partial charge in [-0.05, 0) is 43.6 Å². The Balaban J connectivity index is 1.65. The molecule has 124 valence electrons. The van der Waals surface area contributed by atoms with Gasteiger partial charge in [0.25, 0.3) is 0 Å². The van der Waals surface area contributed by atoms with E-state index in [4.69, 9.17) is 14.7 Å². The van der Waals surface area contributed by atoms with Gasteiger partial charge in [-0.2, -0.15) is 5.26 Å². The Kier molecular flexibility index (Phi) is 4.58. The summed E-state index contributed by atoms with van der Waals surface area (Å²) in [5, 5.41) is 28.9. The van der Waals surface area contributed by atoms with Crippen molar-refractivity contribution in [1.29, 1.82) is 5.26 Å². The normalized spacial score (nSPS) is 33.9. The molecular weight excluding hydrogens is 294 g/mol. The molecule has 0 amide bonds. The van der Waals surface area contributed by atoms with Crippen LogP contribution in [0.4, 0.5) is 0 Å². The Morgan fingerprint density at radius 2 is 1.96 bits per heavy atom. The molecule has 0 aromatic heterocycles. The van der Waals surface area contributed by atoms with Crippen LogP contribution in [0.15, 0.2) is 24.3 Å². The lowest BCUT2D eigenvalue weighted by Crippen LogP contribution is -2.25. The fourth-order valence-electron chi connectivity index (χ4n) is 4.19. The lowest BCUT2D eigenvalue weighted by Gasteiger charge is -2.24. The van der Waals surface area contributed by atoms with Crippen molar-refractivity contribution in [3.05, 3.63) is 29.8 Å². The molecule has 0 heterocycles.